The minimum atomic E-state index is -3.61. The van der Waals surface area contributed by atoms with Crippen molar-refractivity contribution in [2.24, 2.45) is 5.92 Å². The van der Waals surface area contributed by atoms with Crippen molar-refractivity contribution in [2.45, 2.75) is 29.7 Å². The summed E-state index contributed by atoms with van der Waals surface area (Å²) in [6, 6.07) is 11.9. The van der Waals surface area contributed by atoms with Crippen molar-refractivity contribution >= 4 is 27.1 Å². The molecule has 5 nitrogen and oxygen atoms in total. The molecule has 1 atom stereocenters. The van der Waals surface area contributed by atoms with Crippen LogP contribution in [0.4, 0.5) is 0 Å². The van der Waals surface area contributed by atoms with Crippen LogP contribution in [0.1, 0.15) is 13.3 Å². The average molecular weight is 341 g/mol. The summed E-state index contributed by atoms with van der Waals surface area (Å²) in [6.07, 6.45) is 5.52. The molecular formula is C18H19N3O2S. The van der Waals surface area contributed by atoms with Crippen LogP contribution in [0.3, 0.4) is 0 Å². The minimum absolute atomic E-state index is 0.0508. The molecule has 0 spiro atoms. The number of benzene rings is 1. The highest BCUT2D eigenvalue weighted by molar-refractivity contribution is 7.91. The van der Waals surface area contributed by atoms with Crippen LogP contribution in [-0.4, -0.2) is 24.2 Å². The van der Waals surface area contributed by atoms with E-state index in [0.717, 1.165) is 6.42 Å². The second-order valence-electron chi connectivity index (χ2n) is 5.67. The number of fused-ring (bicyclic) bond motifs is 1. The predicted molar refractivity (Wildman–Crippen MR) is 94.2 cm³/mol. The van der Waals surface area contributed by atoms with Crippen molar-refractivity contribution in [1.82, 2.24) is 9.55 Å². The van der Waals surface area contributed by atoms with E-state index in [2.05, 4.69) is 4.98 Å². The van der Waals surface area contributed by atoms with Crippen LogP contribution >= 0.6 is 0 Å². The van der Waals surface area contributed by atoms with Crippen LogP contribution in [0.15, 0.2) is 64.6 Å². The van der Waals surface area contributed by atoms with Gasteiger partial charge in [-0.1, -0.05) is 25.1 Å². The van der Waals surface area contributed by atoms with E-state index in [1.807, 2.05) is 11.5 Å². The molecule has 2 aromatic heterocycles. The van der Waals surface area contributed by atoms with Crippen LogP contribution in [-0.2, 0) is 16.4 Å². The van der Waals surface area contributed by atoms with E-state index < -0.39 is 9.84 Å². The Morgan fingerprint density at radius 3 is 2.62 bits per heavy atom. The van der Waals surface area contributed by atoms with Gasteiger partial charge in [0, 0.05) is 36.5 Å². The molecule has 24 heavy (non-hydrogen) atoms. The molecule has 3 rings (SSSR count). The van der Waals surface area contributed by atoms with Gasteiger partial charge in [0.15, 0.2) is 0 Å². The fourth-order valence-corrected chi connectivity index (χ4v) is 4.21. The molecule has 1 N–H and O–H groups in total. The summed E-state index contributed by atoms with van der Waals surface area (Å²) >= 11 is 0. The first-order chi connectivity index (χ1) is 11.6. The average Bonchev–Trinajstić information content (AvgIpc) is 3.00. The molecule has 1 aromatic carbocycles. The Hall–Kier alpha value is -2.47. The van der Waals surface area contributed by atoms with Crippen molar-refractivity contribution in [3.05, 3.63) is 54.9 Å². The fraction of sp³-hybridized carbons (Fsp3) is 0.222. The van der Waals surface area contributed by atoms with Crippen LogP contribution in [0, 0.1) is 11.3 Å². The highest BCUT2D eigenvalue weighted by Gasteiger charge is 2.24. The summed E-state index contributed by atoms with van der Waals surface area (Å²) < 4.78 is 27.8. The Labute approximate surface area is 141 Å². The molecule has 0 aliphatic carbocycles. The lowest BCUT2D eigenvalue weighted by atomic mass is 10.1. The molecule has 1 unspecified atom stereocenters. The number of rotatable bonds is 6. The molecule has 0 fully saturated rings. The maximum absolute atomic E-state index is 13.0. The van der Waals surface area contributed by atoms with Crippen molar-refractivity contribution < 1.29 is 8.42 Å². The molecule has 0 amide bonds. The second kappa shape index (κ2) is 6.57. The van der Waals surface area contributed by atoms with Crippen LogP contribution in [0.2, 0.25) is 0 Å². The highest BCUT2D eigenvalue weighted by atomic mass is 32.2. The third-order valence-electron chi connectivity index (χ3n) is 4.13. The Kier molecular flexibility index (Phi) is 4.49. The van der Waals surface area contributed by atoms with Gasteiger partial charge >= 0.3 is 0 Å². The summed E-state index contributed by atoms with van der Waals surface area (Å²) in [6.45, 7) is 2.55. The van der Waals surface area contributed by atoms with Gasteiger partial charge in [0.05, 0.1) is 9.79 Å². The Balaban J connectivity index is 2.18. The number of pyridine rings is 1. The molecule has 0 radical (unpaired) electrons. The van der Waals surface area contributed by atoms with Gasteiger partial charge in [-0.15, -0.1) is 0 Å². The molecule has 0 aliphatic rings. The van der Waals surface area contributed by atoms with E-state index in [0.29, 0.717) is 17.6 Å². The normalized spacial score (nSPS) is 13.0. The second-order valence-corrected chi connectivity index (χ2v) is 7.59. The number of nitrogens with one attached hydrogen (secondary N) is 1. The fourth-order valence-electron chi connectivity index (χ4n) is 2.72. The maximum atomic E-state index is 13.0. The topological polar surface area (TPSA) is 75.8 Å². The van der Waals surface area contributed by atoms with E-state index in [1.165, 1.54) is 6.21 Å². The van der Waals surface area contributed by atoms with Crippen LogP contribution < -0.4 is 0 Å². The quantitative estimate of drug-likeness (QED) is 0.697. The summed E-state index contributed by atoms with van der Waals surface area (Å²) in [5.41, 5.74) is 0.632. The Morgan fingerprint density at radius 1 is 1.21 bits per heavy atom. The number of hydrogen-bond acceptors (Lipinski definition) is 4. The van der Waals surface area contributed by atoms with E-state index in [9.17, 15) is 8.42 Å². The van der Waals surface area contributed by atoms with Gasteiger partial charge in [-0.25, -0.2) is 13.4 Å². The highest BCUT2D eigenvalue weighted by Crippen LogP contribution is 2.29. The molecule has 0 saturated carbocycles. The number of nitrogens with zero attached hydrogens (tertiary/aromatic N) is 2. The van der Waals surface area contributed by atoms with Gasteiger partial charge in [0.2, 0.25) is 9.84 Å². The van der Waals surface area contributed by atoms with Crippen molar-refractivity contribution in [3.8, 4) is 0 Å². The van der Waals surface area contributed by atoms with Gasteiger partial charge < -0.3 is 9.98 Å². The standard InChI is InChI=1S/C18H19N3O2S/c1-2-14(11-19)12-21-13-17(16-9-6-10-20-18(16)21)24(22,23)15-7-4-3-5-8-15/h3-11,13-14,19H,2,12H2,1H3. The zero-order chi connectivity index (χ0) is 17.2. The van der Waals surface area contributed by atoms with Crippen LogP contribution in [0.25, 0.3) is 11.0 Å². The summed E-state index contributed by atoms with van der Waals surface area (Å²) in [5, 5.41) is 8.12. The van der Waals surface area contributed by atoms with Crippen molar-refractivity contribution in [1.29, 1.82) is 5.41 Å². The molecule has 0 bridgehead atoms. The van der Waals surface area contributed by atoms with Crippen molar-refractivity contribution in [2.75, 3.05) is 0 Å². The lowest BCUT2D eigenvalue weighted by Gasteiger charge is -2.10. The number of hydrogen-bond donors (Lipinski definition) is 1. The SMILES string of the molecule is CCC(C=N)Cn1cc(S(=O)(=O)c2ccccc2)c2cccnc21. The number of sulfone groups is 1. The minimum Gasteiger partial charge on any atom is -0.331 e. The Bertz CT molecular complexity index is 962. The molecule has 0 saturated heterocycles. The summed E-state index contributed by atoms with van der Waals surface area (Å²) in [7, 11) is -3.61. The molecule has 2 heterocycles. The smallest absolute Gasteiger partial charge is 0.208 e. The molecule has 0 aliphatic heterocycles. The third-order valence-corrected chi connectivity index (χ3v) is 5.93. The van der Waals surface area contributed by atoms with Gasteiger partial charge in [0.25, 0.3) is 0 Å². The third kappa shape index (κ3) is 2.85. The maximum Gasteiger partial charge on any atom is 0.208 e. The zero-order valence-corrected chi connectivity index (χ0v) is 14.2. The van der Waals surface area contributed by atoms with E-state index >= 15 is 0 Å². The molecule has 124 valence electrons. The van der Waals surface area contributed by atoms with Gasteiger partial charge in [-0.05, 0) is 30.7 Å². The molecular weight excluding hydrogens is 322 g/mol. The van der Waals surface area contributed by atoms with E-state index in [1.54, 1.807) is 54.9 Å². The first kappa shape index (κ1) is 16.4. The first-order valence-corrected chi connectivity index (χ1v) is 9.30. The van der Waals surface area contributed by atoms with Gasteiger partial charge in [-0.2, -0.15) is 0 Å². The Morgan fingerprint density at radius 2 is 1.96 bits per heavy atom. The van der Waals surface area contributed by atoms with E-state index in [-0.39, 0.29) is 15.7 Å². The first-order valence-electron chi connectivity index (χ1n) is 7.82. The number of aromatic nitrogens is 2. The zero-order valence-electron chi connectivity index (χ0n) is 13.4. The predicted octanol–water partition coefficient (Wildman–Crippen LogP) is 3.54. The largest absolute Gasteiger partial charge is 0.331 e. The van der Waals surface area contributed by atoms with Crippen molar-refractivity contribution in [3.63, 3.8) is 0 Å². The summed E-state index contributed by atoms with van der Waals surface area (Å²) in [4.78, 5) is 4.89. The van der Waals surface area contributed by atoms with E-state index in [4.69, 9.17) is 5.41 Å². The monoisotopic (exact) mass is 341 g/mol. The van der Waals surface area contributed by atoms with Crippen LogP contribution in [0.5, 0.6) is 0 Å². The lowest BCUT2D eigenvalue weighted by Crippen LogP contribution is -2.10. The molecule has 6 heteroatoms. The van der Waals surface area contributed by atoms with Gasteiger partial charge in [-0.3, -0.25) is 0 Å². The molecule has 3 aromatic rings. The van der Waals surface area contributed by atoms with Gasteiger partial charge in [0.1, 0.15) is 5.65 Å². The lowest BCUT2D eigenvalue weighted by molar-refractivity contribution is 0.556. The summed E-state index contributed by atoms with van der Waals surface area (Å²) in [5.74, 6) is 0.0508.